The molecule has 0 bridgehead atoms. The monoisotopic (exact) mass is 329 g/mol. The third-order valence-corrected chi connectivity index (χ3v) is 3.31. The Kier molecular flexibility index (Phi) is 5.52. The second-order valence-electron chi connectivity index (χ2n) is 4.87. The van der Waals surface area contributed by atoms with E-state index in [9.17, 15) is 9.18 Å². The first-order valence-corrected chi connectivity index (χ1v) is 7.72. The van der Waals surface area contributed by atoms with E-state index in [1.165, 1.54) is 13.1 Å². The van der Waals surface area contributed by atoms with Crippen LogP contribution in [0.25, 0.3) is 11.0 Å². The van der Waals surface area contributed by atoms with Gasteiger partial charge in [0.1, 0.15) is 17.1 Å². The highest BCUT2D eigenvalue weighted by molar-refractivity contribution is 6.06. The van der Waals surface area contributed by atoms with Gasteiger partial charge in [-0.15, -0.1) is 0 Å². The highest BCUT2D eigenvalue weighted by Crippen LogP contribution is 2.33. The first-order valence-electron chi connectivity index (χ1n) is 7.72. The Balaban J connectivity index is 0.00000100. The minimum atomic E-state index is -0.402. The quantitative estimate of drug-likeness (QED) is 0.747. The van der Waals surface area contributed by atoms with Gasteiger partial charge in [-0.3, -0.25) is 9.78 Å². The second-order valence-corrected chi connectivity index (χ2v) is 4.87. The maximum absolute atomic E-state index is 14.0. The highest BCUT2D eigenvalue weighted by Gasteiger charge is 2.20. The molecular formula is C18H20FN3O2. The van der Waals surface area contributed by atoms with E-state index in [-0.39, 0.29) is 11.4 Å². The molecule has 0 atom stereocenters. The summed E-state index contributed by atoms with van der Waals surface area (Å²) in [6.45, 7) is 5.81. The molecule has 0 radical (unpaired) electrons. The number of rotatable bonds is 3. The number of fused-ring (bicyclic) bond motifs is 1. The number of nitrogens with one attached hydrogen (secondary N) is 2. The Hall–Kier alpha value is -2.89. The number of hydrogen-bond acceptors (Lipinski definition) is 4. The summed E-state index contributed by atoms with van der Waals surface area (Å²) < 4.78 is 19.6. The third kappa shape index (κ3) is 3.37. The molecule has 126 valence electrons. The number of carbonyl (C=O) groups is 1. The van der Waals surface area contributed by atoms with Gasteiger partial charge in [0.25, 0.3) is 5.91 Å². The minimum absolute atomic E-state index is 0.0884. The number of benzene rings is 1. The van der Waals surface area contributed by atoms with Gasteiger partial charge in [-0.1, -0.05) is 19.9 Å². The van der Waals surface area contributed by atoms with Crippen LogP contribution in [0.15, 0.2) is 41.1 Å². The molecule has 1 amide bonds. The molecule has 0 aliphatic carbocycles. The molecule has 24 heavy (non-hydrogen) atoms. The van der Waals surface area contributed by atoms with Gasteiger partial charge in [-0.05, 0) is 30.7 Å². The van der Waals surface area contributed by atoms with Gasteiger partial charge in [0.05, 0.1) is 11.1 Å². The summed E-state index contributed by atoms with van der Waals surface area (Å²) in [4.78, 5) is 16.0. The van der Waals surface area contributed by atoms with Crippen LogP contribution in [0.2, 0.25) is 0 Å². The predicted molar refractivity (Wildman–Crippen MR) is 93.2 cm³/mol. The summed E-state index contributed by atoms with van der Waals surface area (Å²) >= 11 is 0. The fourth-order valence-electron chi connectivity index (χ4n) is 2.20. The Labute approximate surface area is 139 Å². The van der Waals surface area contributed by atoms with Gasteiger partial charge in [0.2, 0.25) is 5.76 Å². The van der Waals surface area contributed by atoms with Crippen LogP contribution in [-0.4, -0.2) is 17.9 Å². The minimum Gasteiger partial charge on any atom is -0.448 e. The smallest absolute Gasteiger partial charge is 0.288 e. The summed E-state index contributed by atoms with van der Waals surface area (Å²) in [7, 11) is 1.50. The van der Waals surface area contributed by atoms with Crippen LogP contribution in [0.5, 0.6) is 0 Å². The molecule has 0 saturated heterocycles. The van der Waals surface area contributed by atoms with Crippen molar-refractivity contribution in [2.75, 3.05) is 12.4 Å². The van der Waals surface area contributed by atoms with Crippen molar-refractivity contribution >= 4 is 28.3 Å². The first kappa shape index (κ1) is 17.5. The average molecular weight is 329 g/mol. The van der Waals surface area contributed by atoms with Gasteiger partial charge < -0.3 is 15.1 Å². The summed E-state index contributed by atoms with van der Waals surface area (Å²) in [6, 6.07) is 6.47. The van der Waals surface area contributed by atoms with Crippen molar-refractivity contribution in [1.82, 2.24) is 10.3 Å². The number of furan rings is 1. The number of pyridine rings is 1. The maximum Gasteiger partial charge on any atom is 0.288 e. The Morgan fingerprint density at radius 2 is 2.00 bits per heavy atom. The lowest BCUT2D eigenvalue weighted by Gasteiger charge is -2.08. The van der Waals surface area contributed by atoms with Crippen LogP contribution in [0.3, 0.4) is 0 Å². The average Bonchev–Trinajstić information content (AvgIpc) is 2.97. The third-order valence-electron chi connectivity index (χ3n) is 3.31. The molecule has 0 unspecified atom stereocenters. The fourth-order valence-corrected chi connectivity index (χ4v) is 2.20. The van der Waals surface area contributed by atoms with E-state index in [4.69, 9.17) is 4.42 Å². The molecule has 0 aliphatic rings. The molecule has 1 aromatic carbocycles. The normalized spacial score (nSPS) is 10.0. The molecular weight excluding hydrogens is 309 g/mol. The molecule has 0 aliphatic heterocycles. The molecule has 2 aromatic heterocycles. The molecule has 5 nitrogen and oxygen atoms in total. The topological polar surface area (TPSA) is 67.2 Å². The number of amides is 1. The van der Waals surface area contributed by atoms with Crippen molar-refractivity contribution in [1.29, 1.82) is 0 Å². The summed E-state index contributed by atoms with van der Waals surface area (Å²) in [5.74, 6) is -0.710. The van der Waals surface area contributed by atoms with Crippen LogP contribution in [0.1, 0.15) is 30.0 Å². The van der Waals surface area contributed by atoms with E-state index in [1.807, 2.05) is 13.8 Å². The number of anilines is 2. The predicted octanol–water partition coefficient (Wildman–Crippen LogP) is 4.40. The summed E-state index contributed by atoms with van der Waals surface area (Å²) in [5.41, 5.74) is 1.98. The number of halogens is 1. The number of hydrogen-bond donors (Lipinski definition) is 2. The number of carbonyl (C=O) groups excluding carboxylic acids is 1. The van der Waals surface area contributed by atoms with E-state index in [0.717, 1.165) is 5.56 Å². The number of nitrogens with zero attached hydrogens (tertiary/aromatic N) is 1. The Bertz CT molecular complexity index is 859. The first-order chi connectivity index (χ1) is 11.6. The zero-order valence-electron chi connectivity index (χ0n) is 14.1. The van der Waals surface area contributed by atoms with E-state index in [2.05, 4.69) is 15.6 Å². The highest BCUT2D eigenvalue weighted by atomic mass is 19.1. The number of aryl methyl sites for hydroxylation is 1. The molecule has 0 saturated carbocycles. The molecule has 3 rings (SSSR count). The van der Waals surface area contributed by atoms with Gasteiger partial charge in [0.15, 0.2) is 0 Å². The lowest BCUT2D eigenvalue weighted by molar-refractivity contribution is 0.0939. The maximum atomic E-state index is 14.0. The number of aromatic nitrogens is 1. The van der Waals surface area contributed by atoms with Gasteiger partial charge in [-0.25, -0.2) is 4.39 Å². The van der Waals surface area contributed by atoms with Crippen LogP contribution in [-0.2, 0) is 0 Å². The van der Waals surface area contributed by atoms with Crippen molar-refractivity contribution in [2.45, 2.75) is 20.8 Å². The molecule has 6 heteroatoms. The van der Waals surface area contributed by atoms with Gasteiger partial charge >= 0.3 is 0 Å². The summed E-state index contributed by atoms with van der Waals surface area (Å²) in [6.07, 6.45) is 3.13. The Morgan fingerprint density at radius 1 is 1.25 bits per heavy atom. The molecule has 2 N–H and O–H groups in total. The van der Waals surface area contributed by atoms with Gasteiger partial charge in [-0.2, -0.15) is 0 Å². The fraction of sp³-hybridized carbons (Fsp3) is 0.222. The van der Waals surface area contributed by atoms with E-state index >= 15 is 0 Å². The van der Waals surface area contributed by atoms with Crippen LogP contribution >= 0.6 is 0 Å². The van der Waals surface area contributed by atoms with Crippen molar-refractivity contribution in [2.24, 2.45) is 0 Å². The van der Waals surface area contributed by atoms with Gasteiger partial charge in [0, 0.05) is 19.4 Å². The second kappa shape index (κ2) is 7.59. The lowest BCUT2D eigenvalue weighted by Crippen LogP contribution is -2.18. The summed E-state index contributed by atoms with van der Waals surface area (Å²) in [5, 5.41) is 6.05. The molecule has 3 aromatic rings. The van der Waals surface area contributed by atoms with Crippen molar-refractivity contribution in [3.05, 3.63) is 53.8 Å². The SMILES string of the molecule is CC.CNC(=O)c1oc2ccncc2c1Nc1ccc(C)cc1F. The molecule has 0 fully saturated rings. The zero-order valence-corrected chi connectivity index (χ0v) is 14.1. The van der Waals surface area contributed by atoms with Crippen molar-refractivity contribution in [3.8, 4) is 0 Å². The lowest BCUT2D eigenvalue weighted by atomic mass is 10.2. The molecule has 0 spiro atoms. The van der Waals surface area contributed by atoms with E-state index in [0.29, 0.717) is 16.7 Å². The van der Waals surface area contributed by atoms with E-state index in [1.54, 1.807) is 37.5 Å². The van der Waals surface area contributed by atoms with E-state index < -0.39 is 11.7 Å². The standard InChI is InChI=1S/C16H14FN3O2.C2H6/c1-9-3-4-12(11(17)7-9)20-14-10-8-19-6-5-13(10)22-15(14)16(21)18-2;1-2/h3-8,20H,1-2H3,(H,18,21);1-2H3. The van der Waals surface area contributed by atoms with Crippen molar-refractivity contribution in [3.63, 3.8) is 0 Å². The largest absolute Gasteiger partial charge is 0.448 e. The zero-order chi connectivity index (χ0) is 17.7. The van der Waals surface area contributed by atoms with Crippen LogP contribution < -0.4 is 10.6 Å². The Morgan fingerprint density at radius 3 is 2.67 bits per heavy atom. The molecule has 2 heterocycles. The van der Waals surface area contributed by atoms with Crippen molar-refractivity contribution < 1.29 is 13.6 Å². The van der Waals surface area contributed by atoms with Crippen LogP contribution in [0, 0.1) is 12.7 Å². The van der Waals surface area contributed by atoms with Crippen LogP contribution in [0.4, 0.5) is 15.8 Å².